The Bertz CT molecular complexity index is 1490. The Hall–Kier alpha value is -3.67. The molecule has 0 heterocycles. The summed E-state index contributed by atoms with van der Waals surface area (Å²) in [5, 5.41) is 0. The number of esters is 3. The highest BCUT2D eigenvalue weighted by atomic mass is 16.6. The summed E-state index contributed by atoms with van der Waals surface area (Å²) in [5.41, 5.74) is 0. The van der Waals surface area contributed by atoms with Crippen molar-refractivity contribution in [3.05, 3.63) is 97.2 Å². The molecule has 6 heteroatoms. The molecular weight excluding hydrogens is 937 g/mol. The highest BCUT2D eigenvalue weighted by Gasteiger charge is 2.19. The van der Waals surface area contributed by atoms with E-state index in [1.54, 1.807) is 0 Å². The van der Waals surface area contributed by atoms with E-state index in [0.29, 0.717) is 19.3 Å². The second kappa shape index (κ2) is 63.9. The van der Waals surface area contributed by atoms with Crippen molar-refractivity contribution in [1.82, 2.24) is 0 Å². The van der Waals surface area contributed by atoms with Crippen LogP contribution in [0.5, 0.6) is 0 Å². The van der Waals surface area contributed by atoms with Crippen molar-refractivity contribution >= 4 is 17.9 Å². The molecule has 0 aliphatic heterocycles. The Morgan fingerprint density at radius 1 is 0.276 bits per heavy atom. The lowest BCUT2D eigenvalue weighted by Crippen LogP contribution is -2.30. The van der Waals surface area contributed by atoms with E-state index in [0.717, 1.165) is 122 Å². The average molecular weight is 1060 g/mol. The number of carbonyl (C=O) groups is 3. The fourth-order valence-corrected chi connectivity index (χ4v) is 9.02. The second-order valence-corrected chi connectivity index (χ2v) is 21.3. The summed E-state index contributed by atoms with van der Waals surface area (Å²) < 4.78 is 16.9. The molecule has 1 atom stereocenters. The van der Waals surface area contributed by atoms with Crippen molar-refractivity contribution in [2.45, 2.75) is 316 Å². The van der Waals surface area contributed by atoms with Gasteiger partial charge in [-0.15, -0.1) is 0 Å². The Morgan fingerprint density at radius 3 is 0.855 bits per heavy atom. The van der Waals surface area contributed by atoms with E-state index >= 15 is 0 Å². The number of unbranched alkanes of at least 4 members (excludes halogenated alkanes) is 31. The molecule has 0 radical (unpaired) electrons. The van der Waals surface area contributed by atoms with Crippen LogP contribution in [0.15, 0.2) is 97.2 Å². The van der Waals surface area contributed by atoms with Gasteiger partial charge < -0.3 is 14.2 Å². The topological polar surface area (TPSA) is 78.9 Å². The summed E-state index contributed by atoms with van der Waals surface area (Å²) in [6.45, 7) is 6.47. The van der Waals surface area contributed by atoms with Crippen LogP contribution in [-0.4, -0.2) is 37.2 Å². The van der Waals surface area contributed by atoms with Gasteiger partial charge in [0.1, 0.15) is 13.2 Å². The first-order valence-corrected chi connectivity index (χ1v) is 32.2. The standard InChI is InChI=1S/C70H120O6/c1-4-7-10-13-16-19-22-25-27-28-29-30-31-32-33-34-35-36-37-38-39-40-41-42-43-46-48-51-54-57-60-63-69(72)75-66-67(65-74-68(71)62-59-56-53-50-47-44-24-21-18-15-12-9-6-3)76-70(73)64-61-58-55-52-49-45-26-23-20-17-14-11-8-5-2/h7,10,12,15-16,19,21,24-25,27,29-30,32-33,35-36,67H,4-6,8-9,11,13-14,17-18,20,22-23,26,28,31,34,37-66H2,1-3H3/b10-7-,15-12-,19-16-,24-21-,27-25-,30-29-,33-32-,36-35-. The predicted molar refractivity (Wildman–Crippen MR) is 330 cm³/mol. The van der Waals surface area contributed by atoms with Crippen LogP contribution in [0.4, 0.5) is 0 Å². The van der Waals surface area contributed by atoms with Gasteiger partial charge in [0.2, 0.25) is 0 Å². The average Bonchev–Trinajstić information content (AvgIpc) is 3.42. The maximum absolute atomic E-state index is 12.9. The summed E-state index contributed by atoms with van der Waals surface area (Å²) in [6, 6.07) is 0. The molecule has 0 saturated heterocycles. The van der Waals surface area contributed by atoms with Crippen molar-refractivity contribution in [1.29, 1.82) is 0 Å². The summed E-state index contributed by atoms with van der Waals surface area (Å²) >= 11 is 0. The van der Waals surface area contributed by atoms with E-state index in [9.17, 15) is 14.4 Å². The van der Waals surface area contributed by atoms with Crippen LogP contribution in [0.1, 0.15) is 310 Å². The largest absolute Gasteiger partial charge is 0.462 e. The van der Waals surface area contributed by atoms with E-state index in [2.05, 4.69) is 118 Å². The lowest BCUT2D eigenvalue weighted by Gasteiger charge is -2.18. The third kappa shape index (κ3) is 61.2. The predicted octanol–water partition coefficient (Wildman–Crippen LogP) is 22.0. The molecule has 6 nitrogen and oxygen atoms in total. The van der Waals surface area contributed by atoms with Gasteiger partial charge in [0.05, 0.1) is 0 Å². The first kappa shape index (κ1) is 72.3. The number of hydrogen-bond donors (Lipinski definition) is 0. The molecule has 0 aromatic carbocycles. The number of hydrogen-bond acceptors (Lipinski definition) is 6. The zero-order chi connectivity index (χ0) is 55.0. The molecule has 0 saturated carbocycles. The normalized spacial score (nSPS) is 12.7. The fraction of sp³-hybridized carbons (Fsp3) is 0.729. The van der Waals surface area contributed by atoms with Gasteiger partial charge in [0.15, 0.2) is 6.10 Å². The fourth-order valence-electron chi connectivity index (χ4n) is 9.02. The van der Waals surface area contributed by atoms with Crippen LogP contribution < -0.4 is 0 Å². The SMILES string of the molecule is CC/C=C\C/C=C\C/C=C\C/C=C\C/C=C\C/C=C\CCCCCCCCCCCCCCC(=O)OCC(COC(=O)CCCCCCC/C=C\C/C=C\CCC)OC(=O)CCCCCCCCCCCCCCCC. The summed E-state index contributed by atoms with van der Waals surface area (Å²) in [5.74, 6) is -0.885. The van der Waals surface area contributed by atoms with Gasteiger partial charge in [0.25, 0.3) is 0 Å². The molecule has 0 aromatic rings. The maximum atomic E-state index is 12.9. The van der Waals surface area contributed by atoms with Gasteiger partial charge in [-0.25, -0.2) is 0 Å². The number of rotatable bonds is 58. The van der Waals surface area contributed by atoms with Crippen LogP contribution in [0.25, 0.3) is 0 Å². The van der Waals surface area contributed by atoms with Gasteiger partial charge in [-0.3, -0.25) is 14.4 Å². The van der Waals surface area contributed by atoms with Gasteiger partial charge in [-0.1, -0.05) is 291 Å². The summed E-state index contributed by atoms with van der Waals surface area (Å²) in [6.07, 6.45) is 85.6. The highest BCUT2D eigenvalue weighted by Crippen LogP contribution is 2.17. The van der Waals surface area contributed by atoms with Crippen molar-refractivity contribution in [2.75, 3.05) is 13.2 Å². The summed E-state index contributed by atoms with van der Waals surface area (Å²) in [7, 11) is 0. The van der Waals surface area contributed by atoms with Gasteiger partial charge in [-0.2, -0.15) is 0 Å². The van der Waals surface area contributed by atoms with Crippen LogP contribution in [0, 0.1) is 0 Å². The second-order valence-electron chi connectivity index (χ2n) is 21.3. The third-order valence-electron chi connectivity index (χ3n) is 13.8. The molecule has 0 aliphatic carbocycles. The molecule has 0 N–H and O–H groups in total. The number of ether oxygens (including phenoxy) is 3. The molecule has 1 unspecified atom stereocenters. The Kier molecular flexibility index (Phi) is 60.8. The van der Waals surface area contributed by atoms with Gasteiger partial charge >= 0.3 is 17.9 Å². The van der Waals surface area contributed by atoms with Crippen LogP contribution in [0.2, 0.25) is 0 Å². The zero-order valence-electron chi connectivity index (χ0n) is 50.0. The van der Waals surface area contributed by atoms with Gasteiger partial charge in [-0.05, 0) is 96.3 Å². The summed E-state index contributed by atoms with van der Waals surface area (Å²) in [4.78, 5) is 38.2. The maximum Gasteiger partial charge on any atom is 0.306 e. The Balaban J connectivity index is 4.21. The molecule has 0 amide bonds. The molecule has 0 bridgehead atoms. The Morgan fingerprint density at radius 2 is 0.539 bits per heavy atom. The van der Waals surface area contributed by atoms with Crippen LogP contribution in [0.3, 0.4) is 0 Å². The molecule has 0 fully saturated rings. The van der Waals surface area contributed by atoms with E-state index < -0.39 is 6.10 Å². The first-order valence-electron chi connectivity index (χ1n) is 32.2. The highest BCUT2D eigenvalue weighted by molar-refractivity contribution is 5.71. The zero-order valence-corrected chi connectivity index (χ0v) is 50.0. The van der Waals surface area contributed by atoms with E-state index in [-0.39, 0.29) is 31.1 Å². The van der Waals surface area contributed by atoms with E-state index in [4.69, 9.17) is 14.2 Å². The molecule has 76 heavy (non-hydrogen) atoms. The minimum Gasteiger partial charge on any atom is -0.462 e. The quantitative estimate of drug-likeness (QED) is 0.0261. The third-order valence-corrected chi connectivity index (χ3v) is 13.8. The van der Waals surface area contributed by atoms with E-state index in [1.807, 2.05) is 0 Å². The minimum atomic E-state index is -0.782. The molecule has 0 spiro atoms. The van der Waals surface area contributed by atoms with Gasteiger partial charge in [0, 0.05) is 19.3 Å². The van der Waals surface area contributed by atoms with Crippen molar-refractivity contribution in [3.63, 3.8) is 0 Å². The number of carbonyl (C=O) groups excluding carboxylic acids is 3. The van der Waals surface area contributed by atoms with Crippen molar-refractivity contribution in [3.8, 4) is 0 Å². The van der Waals surface area contributed by atoms with Crippen LogP contribution >= 0.6 is 0 Å². The monoisotopic (exact) mass is 1060 g/mol. The lowest BCUT2D eigenvalue weighted by molar-refractivity contribution is -0.167. The minimum absolute atomic E-state index is 0.0798. The van der Waals surface area contributed by atoms with Crippen LogP contribution in [-0.2, 0) is 28.6 Å². The lowest BCUT2D eigenvalue weighted by atomic mass is 10.0. The molecule has 0 aliphatic rings. The Labute approximate surface area is 470 Å². The molecule has 0 rings (SSSR count). The molecular formula is C70H120O6. The van der Waals surface area contributed by atoms with Crippen molar-refractivity contribution < 1.29 is 28.6 Å². The molecule has 436 valence electrons. The molecule has 0 aromatic heterocycles. The first-order chi connectivity index (χ1) is 37.5. The smallest absolute Gasteiger partial charge is 0.306 e. The number of allylic oxidation sites excluding steroid dienone is 16. The van der Waals surface area contributed by atoms with E-state index in [1.165, 1.54) is 148 Å². The van der Waals surface area contributed by atoms with Crippen molar-refractivity contribution in [2.24, 2.45) is 0 Å².